The Morgan fingerprint density at radius 1 is 1.30 bits per heavy atom. The predicted molar refractivity (Wildman–Crippen MR) is 76.9 cm³/mol. The van der Waals surface area contributed by atoms with Crippen LogP contribution in [0.5, 0.6) is 0 Å². The number of aromatic nitrogens is 5. The molecule has 0 radical (unpaired) electrons. The molecule has 3 aromatic rings. The number of hydrogen-bond acceptors (Lipinski definition) is 5. The number of H-pyrrole nitrogens is 1. The molecule has 0 aromatic carbocycles. The summed E-state index contributed by atoms with van der Waals surface area (Å²) in [5.74, 6) is 1.18. The monoisotopic (exact) mass is 287 g/mol. The van der Waals surface area contributed by atoms with Gasteiger partial charge in [0.25, 0.3) is 5.56 Å². The molecular weight excluding hydrogens is 274 g/mol. The maximum absolute atomic E-state index is 11.7. The van der Waals surface area contributed by atoms with E-state index in [2.05, 4.69) is 20.2 Å². The summed E-state index contributed by atoms with van der Waals surface area (Å²) >= 11 is 1.54. The molecule has 0 saturated carbocycles. The third-order valence-corrected chi connectivity index (χ3v) is 4.12. The summed E-state index contributed by atoms with van der Waals surface area (Å²) < 4.78 is 1.87. The quantitative estimate of drug-likeness (QED) is 0.742. The van der Waals surface area contributed by atoms with Crippen LogP contribution in [-0.2, 0) is 5.75 Å². The van der Waals surface area contributed by atoms with E-state index in [1.165, 1.54) is 0 Å². The first kappa shape index (κ1) is 12.9. The van der Waals surface area contributed by atoms with E-state index in [0.29, 0.717) is 17.1 Å². The van der Waals surface area contributed by atoms with E-state index in [-0.39, 0.29) is 5.56 Å². The average molecular weight is 287 g/mol. The number of aryl methyl sites for hydroxylation is 1. The van der Waals surface area contributed by atoms with Crippen LogP contribution in [-0.4, -0.2) is 24.6 Å². The van der Waals surface area contributed by atoms with Crippen molar-refractivity contribution in [1.29, 1.82) is 0 Å². The lowest BCUT2D eigenvalue weighted by molar-refractivity contribution is 0.874. The lowest BCUT2D eigenvalue weighted by Crippen LogP contribution is -2.15. The van der Waals surface area contributed by atoms with Crippen LogP contribution in [0.2, 0.25) is 0 Å². The molecule has 0 saturated heterocycles. The Hall–Kier alpha value is -2.15. The Kier molecular flexibility index (Phi) is 3.27. The summed E-state index contributed by atoms with van der Waals surface area (Å²) in [6.45, 7) is 3.69. The van der Waals surface area contributed by atoms with E-state index in [1.807, 2.05) is 29.5 Å². The van der Waals surface area contributed by atoms with Crippen LogP contribution in [0.3, 0.4) is 0 Å². The second-order valence-electron chi connectivity index (χ2n) is 4.42. The first-order chi connectivity index (χ1) is 9.66. The molecule has 3 aromatic heterocycles. The Morgan fingerprint density at radius 3 is 2.90 bits per heavy atom. The van der Waals surface area contributed by atoms with Crippen LogP contribution in [0.15, 0.2) is 34.3 Å². The number of pyridine rings is 1. The molecule has 0 aliphatic carbocycles. The second kappa shape index (κ2) is 5.09. The molecule has 3 rings (SSSR count). The van der Waals surface area contributed by atoms with Crippen molar-refractivity contribution in [3.8, 4) is 0 Å². The maximum atomic E-state index is 11.7. The number of nitrogens with one attached hydrogen (secondary N) is 1. The van der Waals surface area contributed by atoms with E-state index in [0.717, 1.165) is 16.5 Å². The summed E-state index contributed by atoms with van der Waals surface area (Å²) in [5.41, 5.74) is 2.39. The predicted octanol–water partition coefficient (Wildman–Crippen LogP) is 1.72. The van der Waals surface area contributed by atoms with Crippen molar-refractivity contribution in [2.24, 2.45) is 0 Å². The zero-order chi connectivity index (χ0) is 14.1. The fraction of sp³-hybridized carbons (Fsp3) is 0.231. The molecule has 7 heteroatoms. The van der Waals surface area contributed by atoms with Crippen molar-refractivity contribution in [3.05, 3.63) is 51.7 Å². The number of thioether (sulfide) groups is 1. The van der Waals surface area contributed by atoms with Crippen LogP contribution in [0.4, 0.5) is 0 Å². The van der Waals surface area contributed by atoms with Crippen molar-refractivity contribution < 1.29 is 0 Å². The van der Waals surface area contributed by atoms with Gasteiger partial charge >= 0.3 is 0 Å². The van der Waals surface area contributed by atoms with Gasteiger partial charge < -0.3 is 0 Å². The van der Waals surface area contributed by atoms with Crippen LogP contribution in [0, 0.1) is 13.8 Å². The van der Waals surface area contributed by atoms with Crippen molar-refractivity contribution in [3.63, 3.8) is 0 Å². The third-order valence-electron chi connectivity index (χ3n) is 3.15. The van der Waals surface area contributed by atoms with Gasteiger partial charge in [-0.05, 0) is 26.0 Å². The molecular formula is C13H13N5OS. The lowest BCUT2D eigenvalue weighted by atomic mass is 10.3. The summed E-state index contributed by atoms with van der Waals surface area (Å²) in [6.07, 6.45) is 1.77. The summed E-state index contributed by atoms with van der Waals surface area (Å²) in [7, 11) is 0. The van der Waals surface area contributed by atoms with Gasteiger partial charge in [-0.25, -0.2) is 0 Å². The minimum Gasteiger partial charge on any atom is -0.290 e. The minimum absolute atomic E-state index is 0.122. The van der Waals surface area contributed by atoms with Crippen LogP contribution < -0.4 is 5.56 Å². The fourth-order valence-electron chi connectivity index (χ4n) is 1.90. The van der Waals surface area contributed by atoms with Crippen molar-refractivity contribution in [1.82, 2.24) is 24.6 Å². The molecule has 0 bridgehead atoms. The van der Waals surface area contributed by atoms with E-state index < -0.39 is 0 Å². The molecule has 3 heterocycles. The maximum Gasteiger partial charge on any atom is 0.255 e. The van der Waals surface area contributed by atoms with Crippen molar-refractivity contribution >= 4 is 17.5 Å². The van der Waals surface area contributed by atoms with E-state index in [1.54, 1.807) is 24.9 Å². The zero-order valence-corrected chi connectivity index (χ0v) is 11.9. The van der Waals surface area contributed by atoms with Crippen molar-refractivity contribution in [2.45, 2.75) is 24.8 Å². The molecule has 6 nitrogen and oxygen atoms in total. The third kappa shape index (κ3) is 2.20. The number of nitrogens with zero attached hydrogens (tertiary/aromatic N) is 4. The Morgan fingerprint density at radius 2 is 2.15 bits per heavy atom. The Bertz CT molecular complexity index is 809. The largest absolute Gasteiger partial charge is 0.290 e. The van der Waals surface area contributed by atoms with Gasteiger partial charge in [-0.2, -0.15) is 0 Å². The van der Waals surface area contributed by atoms with Gasteiger partial charge in [0.2, 0.25) is 5.78 Å². The number of rotatable bonds is 3. The van der Waals surface area contributed by atoms with Crippen molar-refractivity contribution in [2.75, 3.05) is 0 Å². The van der Waals surface area contributed by atoms with Gasteiger partial charge in [-0.1, -0.05) is 17.8 Å². The standard InChI is InChI=1S/C13H13N5OS/c1-8-9(2)18-12(15-11(8)19)16-17-13(18)20-7-10-5-3-4-6-14-10/h3-6H,7H2,1-2H3,(H,15,16,19). The lowest BCUT2D eigenvalue weighted by Gasteiger charge is -2.05. The highest BCUT2D eigenvalue weighted by atomic mass is 32.2. The molecule has 0 aliphatic heterocycles. The van der Waals surface area contributed by atoms with E-state index in [4.69, 9.17) is 0 Å². The molecule has 1 N–H and O–H groups in total. The highest BCUT2D eigenvalue weighted by Gasteiger charge is 2.12. The molecule has 0 amide bonds. The summed E-state index contributed by atoms with van der Waals surface area (Å²) in [5, 5.41) is 8.89. The summed E-state index contributed by atoms with van der Waals surface area (Å²) in [6, 6.07) is 5.81. The molecule has 0 spiro atoms. The van der Waals surface area contributed by atoms with Gasteiger partial charge in [0.15, 0.2) is 5.16 Å². The molecule has 20 heavy (non-hydrogen) atoms. The van der Waals surface area contributed by atoms with Gasteiger partial charge in [0.1, 0.15) is 0 Å². The van der Waals surface area contributed by atoms with Gasteiger partial charge in [0, 0.05) is 23.2 Å². The smallest absolute Gasteiger partial charge is 0.255 e. The zero-order valence-electron chi connectivity index (χ0n) is 11.1. The normalized spacial score (nSPS) is 11.1. The average Bonchev–Trinajstić information content (AvgIpc) is 2.87. The highest BCUT2D eigenvalue weighted by molar-refractivity contribution is 7.98. The molecule has 0 aliphatic rings. The van der Waals surface area contributed by atoms with Crippen LogP contribution in [0.25, 0.3) is 5.78 Å². The molecule has 0 fully saturated rings. The number of aromatic amines is 1. The first-order valence-electron chi connectivity index (χ1n) is 6.14. The van der Waals surface area contributed by atoms with Crippen LogP contribution >= 0.6 is 11.8 Å². The number of fused-ring (bicyclic) bond motifs is 1. The van der Waals surface area contributed by atoms with Gasteiger partial charge in [-0.3, -0.25) is 19.2 Å². The number of hydrogen-bond donors (Lipinski definition) is 1. The fourth-order valence-corrected chi connectivity index (χ4v) is 2.79. The summed E-state index contributed by atoms with van der Waals surface area (Å²) in [4.78, 5) is 18.7. The molecule has 102 valence electrons. The molecule has 0 atom stereocenters. The minimum atomic E-state index is -0.122. The van der Waals surface area contributed by atoms with E-state index >= 15 is 0 Å². The van der Waals surface area contributed by atoms with Gasteiger partial charge in [0.05, 0.1) is 5.69 Å². The second-order valence-corrected chi connectivity index (χ2v) is 5.36. The van der Waals surface area contributed by atoms with Crippen LogP contribution in [0.1, 0.15) is 17.0 Å². The van der Waals surface area contributed by atoms with E-state index in [9.17, 15) is 4.79 Å². The topological polar surface area (TPSA) is 75.9 Å². The molecule has 0 unspecified atom stereocenters. The highest BCUT2D eigenvalue weighted by Crippen LogP contribution is 2.21. The van der Waals surface area contributed by atoms with Gasteiger partial charge in [-0.15, -0.1) is 10.2 Å². The SMILES string of the molecule is Cc1c(C)n2c(SCc3ccccn3)nnc2[nH]c1=O. The first-order valence-corrected chi connectivity index (χ1v) is 7.12. The Labute approximate surface area is 119 Å². The Balaban J connectivity index is 1.97.